The van der Waals surface area contributed by atoms with Crippen LogP contribution in [-0.4, -0.2) is 12.4 Å². The van der Waals surface area contributed by atoms with Crippen LogP contribution in [0.25, 0.3) is 6.08 Å². The number of ether oxygens (including phenoxy) is 2. The van der Waals surface area contributed by atoms with Gasteiger partial charge in [0.2, 0.25) is 5.78 Å². The lowest BCUT2D eigenvalue weighted by atomic mass is 10.1. The topological polar surface area (TPSA) is 59.3 Å². The van der Waals surface area contributed by atoms with Gasteiger partial charge in [0, 0.05) is 21.7 Å². The minimum atomic E-state index is -0.261. The van der Waals surface area contributed by atoms with Crippen molar-refractivity contribution in [3.63, 3.8) is 0 Å². The molecule has 2 aromatic rings. The lowest BCUT2D eigenvalue weighted by Gasteiger charge is -2.04. The number of ketones is 1. The van der Waals surface area contributed by atoms with Gasteiger partial charge in [0.25, 0.3) is 0 Å². The molecule has 0 bridgehead atoms. The molecular formula is C17H9Cl2NO3. The van der Waals surface area contributed by atoms with Crippen molar-refractivity contribution in [3.8, 4) is 17.6 Å². The summed E-state index contributed by atoms with van der Waals surface area (Å²) in [5, 5.41) is 9.38. The number of carbonyl (C=O) groups is 1. The Morgan fingerprint density at radius 2 is 1.96 bits per heavy atom. The Bertz CT molecular complexity index is 848. The Kier molecular flexibility index (Phi) is 4.24. The highest BCUT2D eigenvalue weighted by atomic mass is 35.5. The Balaban J connectivity index is 1.94. The van der Waals surface area contributed by atoms with E-state index in [2.05, 4.69) is 0 Å². The molecule has 6 heteroatoms. The Morgan fingerprint density at radius 1 is 1.22 bits per heavy atom. The largest absolute Gasteiger partial charge is 0.479 e. The lowest BCUT2D eigenvalue weighted by Crippen LogP contribution is -1.98. The van der Waals surface area contributed by atoms with E-state index in [0.717, 1.165) is 0 Å². The van der Waals surface area contributed by atoms with Crippen LogP contribution in [0.4, 0.5) is 0 Å². The van der Waals surface area contributed by atoms with Crippen LogP contribution in [0.2, 0.25) is 10.0 Å². The molecule has 0 unspecified atom stereocenters. The van der Waals surface area contributed by atoms with E-state index >= 15 is 0 Å². The van der Waals surface area contributed by atoms with Gasteiger partial charge in [-0.05, 0) is 30.3 Å². The average molecular weight is 346 g/mol. The second kappa shape index (κ2) is 6.33. The number of rotatable bonds is 3. The second-order valence-corrected chi connectivity index (χ2v) is 5.49. The van der Waals surface area contributed by atoms with Gasteiger partial charge in [-0.2, -0.15) is 5.26 Å². The molecule has 0 atom stereocenters. The van der Waals surface area contributed by atoms with Crippen LogP contribution in [0, 0.1) is 11.3 Å². The number of carbonyl (C=O) groups excluding carboxylic acids is 1. The van der Waals surface area contributed by atoms with Crippen molar-refractivity contribution < 1.29 is 14.3 Å². The predicted octanol–water partition coefficient (Wildman–Crippen LogP) is 4.51. The normalized spacial score (nSPS) is 14.3. The predicted molar refractivity (Wildman–Crippen MR) is 86.9 cm³/mol. The zero-order chi connectivity index (χ0) is 16.4. The SMILES string of the molecule is N#CCOc1ccc2c(c1)O/C(=C\c1c(Cl)cccc1Cl)C2=O. The lowest BCUT2D eigenvalue weighted by molar-refractivity contribution is 0.101. The number of halogens is 2. The van der Waals surface area contributed by atoms with Gasteiger partial charge in [-0.3, -0.25) is 4.79 Å². The number of fused-ring (bicyclic) bond motifs is 1. The third-order valence-electron chi connectivity index (χ3n) is 3.22. The molecule has 2 aromatic carbocycles. The first-order chi connectivity index (χ1) is 11.1. The van der Waals surface area contributed by atoms with E-state index in [9.17, 15) is 4.79 Å². The van der Waals surface area contributed by atoms with Crippen LogP contribution < -0.4 is 9.47 Å². The first-order valence-corrected chi connectivity index (χ1v) is 7.38. The summed E-state index contributed by atoms with van der Waals surface area (Å²) in [6.45, 7) is -0.0787. The Labute approximate surface area is 142 Å². The van der Waals surface area contributed by atoms with Crippen molar-refractivity contribution in [2.45, 2.75) is 0 Å². The maximum Gasteiger partial charge on any atom is 0.231 e. The first kappa shape index (κ1) is 15.4. The monoisotopic (exact) mass is 345 g/mol. The zero-order valence-electron chi connectivity index (χ0n) is 11.7. The second-order valence-electron chi connectivity index (χ2n) is 4.68. The summed E-state index contributed by atoms with van der Waals surface area (Å²) in [4.78, 5) is 12.4. The Morgan fingerprint density at radius 3 is 2.65 bits per heavy atom. The molecule has 1 aliphatic rings. The number of hydrogen-bond acceptors (Lipinski definition) is 4. The van der Waals surface area contributed by atoms with E-state index < -0.39 is 0 Å². The van der Waals surface area contributed by atoms with Crippen LogP contribution in [0.15, 0.2) is 42.2 Å². The molecule has 0 aliphatic carbocycles. The number of hydrogen-bond donors (Lipinski definition) is 0. The highest BCUT2D eigenvalue weighted by molar-refractivity contribution is 6.37. The highest BCUT2D eigenvalue weighted by Gasteiger charge is 2.28. The molecule has 1 heterocycles. The number of Topliss-reactive ketones (excluding diaryl/α,β-unsaturated/α-hetero) is 1. The van der Waals surface area contributed by atoms with Gasteiger partial charge in [0.1, 0.15) is 17.6 Å². The molecule has 0 N–H and O–H groups in total. The van der Waals surface area contributed by atoms with E-state index in [1.165, 1.54) is 6.08 Å². The summed E-state index contributed by atoms with van der Waals surface area (Å²) in [5.74, 6) is 0.699. The molecular weight excluding hydrogens is 337 g/mol. The van der Waals surface area contributed by atoms with E-state index in [1.807, 2.05) is 6.07 Å². The van der Waals surface area contributed by atoms with Crippen LogP contribution in [0.1, 0.15) is 15.9 Å². The van der Waals surface area contributed by atoms with Crippen molar-refractivity contribution in [2.24, 2.45) is 0 Å². The van der Waals surface area contributed by atoms with Gasteiger partial charge in [-0.1, -0.05) is 29.3 Å². The van der Waals surface area contributed by atoms with Crippen molar-refractivity contribution >= 4 is 35.1 Å². The molecule has 0 radical (unpaired) electrons. The maximum absolute atomic E-state index is 12.4. The van der Waals surface area contributed by atoms with Gasteiger partial charge in [-0.25, -0.2) is 0 Å². The van der Waals surface area contributed by atoms with E-state index in [-0.39, 0.29) is 18.1 Å². The molecule has 0 saturated carbocycles. The zero-order valence-corrected chi connectivity index (χ0v) is 13.2. The molecule has 0 fully saturated rings. The summed E-state index contributed by atoms with van der Waals surface area (Å²) < 4.78 is 10.8. The molecule has 114 valence electrons. The van der Waals surface area contributed by atoms with Gasteiger partial charge in [0.05, 0.1) is 5.56 Å². The molecule has 0 aromatic heterocycles. The van der Waals surface area contributed by atoms with Crippen LogP contribution in [0.5, 0.6) is 11.5 Å². The summed E-state index contributed by atoms with van der Waals surface area (Å²) in [6, 6.07) is 11.7. The van der Waals surface area contributed by atoms with Gasteiger partial charge in [0.15, 0.2) is 12.4 Å². The fourth-order valence-corrected chi connectivity index (χ4v) is 2.66. The standard InChI is InChI=1S/C17H9Cl2NO3/c18-13-2-1-3-14(19)12(13)9-16-17(21)11-5-4-10(22-7-6-20)8-15(11)23-16/h1-5,8-9H,7H2/b16-9-. The molecule has 3 rings (SSSR count). The summed E-state index contributed by atoms with van der Waals surface area (Å²) in [7, 11) is 0. The van der Waals surface area contributed by atoms with E-state index in [4.69, 9.17) is 37.9 Å². The third kappa shape index (κ3) is 3.02. The van der Waals surface area contributed by atoms with Crippen LogP contribution in [-0.2, 0) is 0 Å². The summed E-state index contributed by atoms with van der Waals surface area (Å²) in [6.07, 6.45) is 1.52. The van der Waals surface area contributed by atoms with Crippen molar-refractivity contribution in [2.75, 3.05) is 6.61 Å². The minimum Gasteiger partial charge on any atom is -0.479 e. The molecule has 0 saturated heterocycles. The Hall–Kier alpha value is -2.48. The molecule has 0 spiro atoms. The van der Waals surface area contributed by atoms with Crippen molar-refractivity contribution in [3.05, 3.63) is 63.3 Å². The van der Waals surface area contributed by atoms with Crippen molar-refractivity contribution in [1.82, 2.24) is 0 Å². The van der Waals surface area contributed by atoms with Gasteiger partial charge >= 0.3 is 0 Å². The first-order valence-electron chi connectivity index (χ1n) is 6.62. The van der Waals surface area contributed by atoms with Gasteiger partial charge < -0.3 is 9.47 Å². The van der Waals surface area contributed by atoms with E-state index in [0.29, 0.717) is 32.7 Å². The quantitative estimate of drug-likeness (QED) is 0.767. The van der Waals surface area contributed by atoms with Gasteiger partial charge in [-0.15, -0.1) is 0 Å². The van der Waals surface area contributed by atoms with Crippen LogP contribution >= 0.6 is 23.2 Å². The number of nitrogens with zero attached hydrogens (tertiary/aromatic N) is 1. The third-order valence-corrected chi connectivity index (χ3v) is 3.88. The average Bonchev–Trinajstić information content (AvgIpc) is 2.85. The molecule has 1 aliphatic heterocycles. The fraction of sp³-hybridized carbons (Fsp3) is 0.0588. The summed E-state index contributed by atoms with van der Waals surface area (Å²) in [5.41, 5.74) is 0.941. The maximum atomic E-state index is 12.4. The number of nitriles is 1. The molecule has 23 heavy (non-hydrogen) atoms. The minimum absolute atomic E-state index is 0.0787. The van der Waals surface area contributed by atoms with Crippen molar-refractivity contribution in [1.29, 1.82) is 5.26 Å². The van der Waals surface area contributed by atoms with Crippen LogP contribution in [0.3, 0.4) is 0 Å². The summed E-state index contributed by atoms with van der Waals surface area (Å²) >= 11 is 12.2. The van der Waals surface area contributed by atoms with E-state index in [1.54, 1.807) is 36.4 Å². The smallest absolute Gasteiger partial charge is 0.231 e. The fourth-order valence-electron chi connectivity index (χ4n) is 2.15. The molecule has 4 nitrogen and oxygen atoms in total. The highest BCUT2D eigenvalue weighted by Crippen LogP contribution is 2.36. The molecule has 0 amide bonds. The number of benzene rings is 2. The number of allylic oxidation sites excluding steroid dienone is 1.